The third-order valence-corrected chi connectivity index (χ3v) is 6.49. The first-order chi connectivity index (χ1) is 21.8. The molecule has 2 aromatic heterocycles. The Morgan fingerprint density at radius 2 is 1.15 bits per heavy atom. The SMILES string of the molecule is O=CCN(Cc1nccn1CC(=O)NC(CC(C=O)C=O)C(=O)O)Cc1nccn1CC(=O)NC(CC(C(=O)O)C(=O)O)C(=O)O. The van der Waals surface area contributed by atoms with E-state index in [1.165, 1.54) is 38.8 Å². The second kappa shape index (κ2) is 17.5. The van der Waals surface area contributed by atoms with E-state index in [0.717, 1.165) is 0 Å². The van der Waals surface area contributed by atoms with Gasteiger partial charge in [-0.2, -0.15) is 0 Å². The average molecular weight is 650 g/mol. The molecule has 0 aliphatic carbocycles. The van der Waals surface area contributed by atoms with Gasteiger partial charge < -0.3 is 54.6 Å². The van der Waals surface area contributed by atoms with Crippen LogP contribution in [0.2, 0.25) is 0 Å². The Balaban J connectivity index is 2.10. The quantitative estimate of drug-likeness (QED) is 0.0547. The zero-order chi connectivity index (χ0) is 34.4. The molecule has 20 nitrogen and oxygen atoms in total. The fourth-order valence-electron chi connectivity index (χ4n) is 4.15. The van der Waals surface area contributed by atoms with Crippen LogP contribution in [0.1, 0.15) is 24.5 Å². The maximum absolute atomic E-state index is 12.6. The number of carboxylic acids is 4. The Hall–Kier alpha value is -5.79. The number of rotatable bonds is 22. The lowest BCUT2D eigenvalue weighted by molar-refractivity contribution is -0.156. The third kappa shape index (κ3) is 11.0. The number of carbonyl (C=O) groups excluding carboxylic acids is 5. The van der Waals surface area contributed by atoms with E-state index in [1.807, 2.05) is 0 Å². The highest BCUT2D eigenvalue weighted by Crippen LogP contribution is 2.11. The van der Waals surface area contributed by atoms with Gasteiger partial charge in [-0.1, -0.05) is 0 Å². The van der Waals surface area contributed by atoms with E-state index in [2.05, 4.69) is 20.6 Å². The molecule has 0 aromatic carbocycles. The minimum Gasteiger partial charge on any atom is -0.481 e. The first-order valence-corrected chi connectivity index (χ1v) is 13.4. The summed E-state index contributed by atoms with van der Waals surface area (Å²) in [5, 5.41) is 41.1. The lowest BCUT2D eigenvalue weighted by Gasteiger charge is -2.21. The number of hydrogen-bond donors (Lipinski definition) is 6. The molecule has 0 radical (unpaired) electrons. The van der Waals surface area contributed by atoms with Crippen molar-refractivity contribution in [1.82, 2.24) is 34.6 Å². The summed E-state index contributed by atoms with van der Waals surface area (Å²) in [5.74, 6) is -11.1. The maximum atomic E-state index is 12.6. The standard InChI is InChI=1S/C26H31N7O13/c34-6-5-31(9-19-27-1-3-32(19)11-21(37)29-17(25(43)44)7-15(13-35)14-36)10-20-28-2-4-33(20)12-22(38)30-18(26(45)46)8-16(23(39)40)24(41)42/h1-4,6,13-18H,5,7-12H2,(H,29,37)(H,30,38)(H,39,40)(H,41,42)(H,43,44)(H,45,46). The summed E-state index contributed by atoms with van der Waals surface area (Å²) >= 11 is 0. The number of aldehydes is 3. The molecule has 0 spiro atoms. The minimum atomic E-state index is -2.07. The smallest absolute Gasteiger partial charge is 0.326 e. The van der Waals surface area contributed by atoms with Crippen LogP contribution in [0.15, 0.2) is 24.8 Å². The van der Waals surface area contributed by atoms with Gasteiger partial charge in [0.25, 0.3) is 0 Å². The third-order valence-electron chi connectivity index (χ3n) is 6.49. The van der Waals surface area contributed by atoms with Crippen molar-refractivity contribution in [3.05, 3.63) is 36.4 Å². The predicted molar refractivity (Wildman–Crippen MR) is 147 cm³/mol. The second-order valence-electron chi connectivity index (χ2n) is 9.83. The minimum absolute atomic E-state index is 0.0361. The van der Waals surface area contributed by atoms with E-state index in [9.17, 15) is 53.4 Å². The molecule has 2 aromatic rings. The monoisotopic (exact) mass is 649 g/mol. The topological polar surface area (TPSA) is 297 Å². The highest BCUT2D eigenvalue weighted by atomic mass is 16.4. The molecule has 0 aliphatic rings. The maximum Gasteiger partial charge on any atom is 0.326 e. The second-order valence-corrected chi connectivity index (χ2v) is 9.83. The molecule has 2 heterocycles. The zero-order valence-electron chi connectivity index (χ0n) is 24.0. The van der Waals surface area contributed by atoms with E-state index < -0.39 is 85.5 Å². The largest absolute Gasteiger partial charge is 0.481 e. The molecule has 0 aliphatic heterocycles. The Kier molecular flexibility index (Phi) is 13.8. The van der Waals surface area contributed by atoms with Gasteiger partial charge in [0, 0.05) is 31.2 Å². The number of aromatic nitrogens is 4. The molecule has 0 fully saturated rings. The fourth-order valence-corrected chi connectivity index (χ4v) is 4.15. The Bertz CT molecular complexity index is 1430. The number of nitrogens with one attached hydrogen (secondary N) is 2. The fraction of sp³-hybridized carbons (Fsp3) is 0.423. The van der Waals surface area contributed by atoms with Gasteiger partial charge in [-0.3, -0.25) is 24.1 Å². The highest BCUT2D eigenvalue weighted by Gasteiger charge is 2.33. The lowest BCUT2D eigenvalue weighted by Crippen LogP contribution is -2.45. The molecular formula is C26H31N7O13. The summed E-state index contributed by atoms with van der Waals surface area (Å²) in [6.07, 6.45) is 5.26. The summed E-state index contributed by atoms with van der Waals surface area (Å²) in [5.41, 5.74) is 0. The van der Waals surface area contributed by atoms with Gasteiger partial charge in [0.2, 0.25) is 11.8 Å². The molecule has 248 valence electrons. The van der Waals surface area contributed by atoms with Gasteiger partial charge >= 0.3 is 23.9 Å². The molecule has 46 heavy (non-hydrogen) atoms. The van der Waals surface area contributed by atoms with Gasteiger partial charge in [0.15, 0.2) is 5.92 Å². The molecule has 6 N–H and O–H groups in total. The van der Waals surface area contributed by atoms with Gasteiger partial charge in [-0.15, -0.1) is 0 Å². The van der Waals surface area contributed by atoms with Crippen molar-refractivity contribution in [3.8, 4) is 0 Å². The van der Waals surface area contributed by atoms with Crippen LogP contribution < -0.4 is 10.6 Å². The van der Waals surface area contributed by atoms with Crippen molar-refractivity contribution in [2.75, 3.05) is 6.54 Å². The predicted octanol–water partition coefficient (Wildman–Crippen LogP) is -3.00. The van der Waals surface area contributed by atoms with Crippen LogP contribution in [0.25, 0.3) is 0 Å². The van der Waals surface area contributed by atoms with Crippen LogP contribution in [-0.4, -0.2) is 118 Å². The number of aliphatic carboxylic acids is 4. The molecular weight excluding hydrogens is 618 g/mol. The lowest BCUT2D eigenvalue weighted by atomic mass is 10.00. The first-order valence-electron chi connectivity index (χ1n) is 13.4. The van der Waals surface area contributed by atoms with Crippen molar-refractivity contribution in [2.45, 2.75) is 51.1 Å². The summed E-state index contributed by atoms with van der Waals surface area (Å²) in [4.78, 5) is 114. The van der Waals surface area contributed by atoms with Crippen LogP contribution in [0.5, 0.6) is 0 Å². The Morgan fingerprint density at radius 3 is 1.52 bits per heavy atom. The normalized spacial score (nSPS) is 12.3. The van der Waals surface area contributed by atoms with E-state index in [4.69, 9.17) is 10.2 Å². The van der Waals surface area contributed by atoms with E-state index in [-0.39, 0.29) is 43.9 Å². The molecule has 0 saturated heterocycles. The molecule has 2 atom stereocenters. The molecule has 0 bridgehead atoms. The van der Waals surface area contributed by atoms with Gasteiger partial charge in [-0.25, -0.2) is 19.6 Å². The van der Waals surface area contributed by atoms with Crippen LogP contribution in [-0.2, 0) is 69.3 Å². The number of carbonyl (C=O) groups is 9. The van der Waals surface area contributed by atoms with Crippen LogP contribution in [0.3, 0.4) is 0 Å². The van der Waals surface area contributed by atoms with Gasteiger partial charge in [0.05, 0.1) is 25.6 Å². The number of imidazole rings is 2. The number of nitrogens with zero attached hydrogens (tertiary/aromatic N) is 5. The van der Waals surface area contributed by atoms with Crippen molar-refractivity contribution in [2.24, 2.45) is 11.8 Å². The van der Waals surface area contributed by atoms with Gasteiger partial charge in [-0.05, 0) is 6.42 Å². The Labute approximate surface area is 259 Å². The van der Waals surface area contributed by atoms with E-state index in [0.29, 0.717) is 6.29 Å². The van der Waals surface area contributed by atoms with Crippen molar-refractivity contribution >= 4 is 54.6 Å². The van der Waals surface area contributed by atoms with Gasteiger partial charge in [0.1, 0.15) is 55.7 Å². The van der Waals surface area contributed by atoms with E-state index in [1.54, 1.807) is 0 Å². The Morgan fingerprint density at radius 1 is 0.717 bits per heavy atom. The summed E-state index contributed by atoms with van der Waals surface area (Å²) in [6.45, 7) is -1.14. The zero-order valence-corrected chi connectivity index (χ0v) is 24.0. The number of carboxylic acid groups (broad SMARTS) is 4. The number of hydrogen-bond acceptors (Lipinski definition) is 12. The summed E-state index contributed by atoms with van der Waals surface area (Å²) in [7, 11) is 0. The van der Waals surface area contributed by atoms with E-state index >= 15 is 0 Å². The highest BCUT2D eigenvalue weighted by molar-refractivity contribution is 5.94. The summed E-state index contributed by atoms with van der Waals surface area (Å²) < 4.78 is 2.69. The molecule has 0 saturated carbocycles. The molecule has 2 unspecified atom stereocenters. The molecule has 2 amide bonds. The summed E-state index contributed by atoms with van der Waals surface area (Å²) in [6, 6.07) is -3.33. The first kappa shape index (κ1) is 36.4. The van der Waals surface area contributed by atoms with Crippen molar-refractivity contribution < 1.29 is 63.6 Å². The molecule has 2 rings (SSSR count). The van der Waals surface area contributed by atoms with Crippen molar-refractivity contribution in [1.29, 1.82) is 0 Å². The van der Waals surface area contributed by atoms with Crippen LogP contribution in [0, 0.1) is 11.8 Å². The van der Waals surface area contributed by atoms with Crippen LogP contribution >= 0.6 is 0 Å². The molecule has 20 heteroatoms. The average Bonchev–Trinajstić information content (AvgIpc) is 3.61. The van der Waals surface area contributed by atoms with Crippen LogP contribution in [0.4, 0.5) is 0 Å². The number of amides is 2. The van der Waals surface area contributed by atoms with Crippen molar-refractivity contribution in [3.63, 3.8) is 0 Å².